The molecule has 3 aliphatic heterocycles. The maximum Gasteiger partial charge on any atom is 0.317 e. The average molecular weight is 539 g/mol. The quantitative estimate of drug-likeness (QED) is 0.401. The van der Waals surface area contributed by atoms with Gasteiger partial charge in [0, 0.05) is 35.5 Å². The summed E-state index contributed by atoms with van der Waals surface area (Å²) in [5, 5.41) is 10.5. The van der Waals surface area contributed by atoms with Crippen molar-refractivity contribution >= 4 is 37.3 Å². The summed E-state index contributed by atoms with van der Waals surface area (Å²) in [6.45, 7) is 1.74. The first-order chi connectivity index (χ1) is 18.4. The number of aromatic nitrogens is 3. The van der Waals surface area contributed by atoms with Crippen molar-refractivity contribution in [1.82, 2.24) is 19.9 Å². The molecular weight excluding hydrogens is 517 g/mol. The van der Waals surface area contributed by atoms with Crippen LogP contribution < -0.4 is 10.5 Å². The van der Waals surface area contributed by atoms with Crippen molar-refractivity contribution in [3.8, 4) is 23.3 Å². The van der Waals surface area contributed by atoms with Crippen LogP contribution in [-0.2, 0) is 18.0 Å². The number of pyridine rings is 1. The van der Waals surface area contributed by atoms with Gasteiger partial charge in [-0.25, -0.2) is 18.2 Å². The molecule has 194 valence electrons. The minimum atomic E-state index is -0.900. The van der Waals surface area contributed by atoms with E-state index in [1.54, 1.807) is 0 Å². The molecule has 2 atom stereocenters. The first-order valence-corrected chi connectivity index (χ1v) is 13.1. The number of hydrogen-bond acceptors (Lipinski definition) is 9. The van der Waals surface area contributed by atoms with Crippen molar-refractivity contribution in [3.05, 3.63) is 40.7 Å². The summed E-state index contributed by atoms with van der Waals surface area (Å²) in [5.74, 6) is -1.34. The summed E-state index contributed by atoms with van der Waals surface area (Å²) in [5.41, 5.74) is 7.08. The second-order valence-electron chi connectivity index (χ2n) is 10.0. The molecule has 0 saturated carbocycles. The fraction of sp³-hybridized carbons (Fsp3) is 0.385. The van der Waals surface area contributed by atoms with Crippen LogP contribution in [0.4, 0.5) is 18.2 Å². The molecular formula is C26H21F3N6O2S. The third kappa shape index (κ3) is 3.32. The topological polar surface area (TPSA) is 110 Å². The van der Waals surface area contributed by atoms with Crippen LogP contribution in [0.5, 0.6) is 6.01 Å². The molecule has 0 amide bonds. The number of ether oxygens (including phenoxy) is 2. The number of benzene rings is 1. The lowest BCUT2D eigenvalue weighted by molar-refractivity contribution is 0.107. The summed E-state index contributed by atoms with van der Waals surface area (Å²) in [4.78, 5) is 15.1. The maximum atomic E-state index is 16.4. The van der Waals surface area contributed by atoms with E-state index in [4.69, 9.17) is 15.2 Å². The van der Waals surface area contributed by atoms with Crippen LogP contribution in [-0.4, -0.2) is 51.3 Å². The zero-order valence-corrected chi connectivity index (χ0v) is 20.9. The van der Waals surface area contributed by atoms with E-state index in [9.17, 15) is 14.0 Å². The minimum absolute atomic E-state index is 0.00537. The van der Waals surface area contributed by atoms with Gasteiger partial charge in [-0.2, -0.15) is 10.2 Å². The summed E-state index contributed by atoms with van der Waals surface area (Å²) in [7, 11) is 0. The number of nitrogens with zero attached hydrogens (tertiary/aromatic N) is 5. The third-order valence-electron chi connectivity index (χ3n) is 7.95. The summed E-state index contributed by atoms with van der Waals surface area (Å²) in [6, 6.07) is 1.99. The molecule has 12 heteroatoms. The molecule has 2 fully saturated rings. The number of fused-ring (bicyclic) bond motifs is 5. The summed E-state index contributed by atoms with van der Waals surface area (Å²) >= 11 is 0.920. The summed E-state index contributed by atoms with van der Waals surface area (Å²) < 4.78 is 56.9. The Kier molecular flexibility index (Phi) is 5.27. The van der Waals surface area contributed by atoms with E-state index in [0.29, 0.717) is 29.5 Å². The Morgan fingerprint density at radius 2 is 2.11 bits per heavy atom. The monoisotopic (exact) mass is 538 g/mol. The van der Waals surface area contributed by atoms with Gasteiger partial charge in [-0.3, -0.25) is 9.88 Å². The normalized spacial score (nSPS) is 22.7. The molecule has 0 spiro atoms. The van der Waals surface area contributed by atoms with Crippen LogP contribution in [0.3, 0.4) is 0 Å². The van der Waals surface area contributed by atoms with Gasteiger partial charge >= 0.3 is 6.01 Å². The Labute approximate surface area is 218 Å². The van der Waals surface area contributed by atoms with E-state index >= 15 is 4.39 Å². The van der Waals surface area contributed by atoms with Gasteiger partial charge in [-0.05, 0) is 30.5 Å². The third-order valence-corrected chi connectivity index (χ3v) is 8.98. The van der Waals surface area contributed by atoms with Crippen LogP contribution in [0.1, 0.15) is 36.0 Å². The summed E-state index contributed by atoms with van der Waals surface area (Å²) in [6.07, 6.45) is 3.79. The number of thiophene rings is 1. The molecule has 6 heterocycles. The molecule has 0 aliphatic carbocycles. The highest BCUT2D eigenvalue weighted by Gasteiger charge is 2.49. The highest BCUT2D eigenvalue weighted by Crippen LogP contribution is 2.45. The van der Waals surface area contributed by atoms with Crippen LogP contribution in [0.15, 0.2) is 12.4 Å². The molecule has 8 nitrogen and oxygen atoms in total. The minimum Gasteiger partial charge on any atom is -0.461 e. The first kappa shape index (κ1) is 23.6. The van der Waals surface area contributed by atoms with Crippen molar-refractivity contribution in [2.45, 2.75) is 44.2 Å². The zero-order chi connectivity index (χ0) is 26.2. The van der Waals surface area contributed by atoms with Gasteiger partial charge in [-0.1, -0.05) is 0 Å². The van der Waals surface area contributed by atoms with Crippen molar-refractivity contribution in [2.75, 3.05) is 25.4 Å². The zero-order valence-electron chi connectivity index (χ0n) is 20.1. The average Bonchev–Trinajstić information content (AvgIpc) is 3.66. The van der Waals surface area contributed by atoms with Gasteiger partial charge in [0.25, 0.3) is 0 Å². The molecule has 3 aliphatic rings. The van der Waals surface area contributed by atoms with E-state index in [1.807, 2.05) is 6.07 Å². The molecule has 7 rings (SSSR count). The van der Waals surface area contributed by atoms with Crippen molar-refractivity contribution < 1.29 is 22.6 Å². The van der Waals surface area contributed by atoms with Crippen molar-refractivity contribution in [1.29, 1.82) is 5.26 Å². The molecule has 0 radical (unpaired) electrons. The lowest BCUT2D eigenvalue weighted by atomic mass is 9.94. The van der Waals surface area contributed by atoms with Crippen LogP contribution in [0, 0.1) is 23.0 Å². The Morgan fingerprint density at radius 1 is 1.26 bits per heavy atom. The van der Waals surface area contributed by atoms with Crippen LogP contribution >= 0.6 is 11.3 Å². The molecule has 0 bridgehead atoms. The Morgan fingerprint density at radius 3 is 2.95 bits per heavy atom. The number of nitrogen functional groups attached to an aromatic ring is 1. The van der Waals surface area contributed by atoms with E-state index in [2.05, 4.69) is 19.9 Å². The largest absolute Gasteiger partial charge is 0.461 e. The van der Waals surface area contributed by atoms with E-state index in [-0.39, 0.29) is 63.3 Å². The van der Waals surface area contributed by atoms with E-state index < -0.39 is 23.3 Å². The second-order valence-corrected chi connectivity index (χ2v) is 11.1. The van der Waals surface area contributed by atoms with Crippen molar-refractivity contribution in [2.24, 2.45) is 0 Å². The Bertz CT molecular complexity index is 1690. The number of nitrogens with two attached hydrogens (primary N) is 1. The molecule has 0 unspecified atom stereocenters. The molecule has 1 aromatic carbocycles. The molecule has 2 saturated heterocycles. The standard InChI is InChI=1S/C26H21F3N6O2S/c27-12-4-26(2-1-3-35(26)8-12)11-37-25-33-6-14-15-9-36-10-16(15)18(20(29)21(14)34-25)22-19-13(5-30)24(31)38-23(19)17(28)7-32-22/h6-7,12H,1-4,8-11,31H2/t12-,26+/m1/s1. The van der Waals surface area contributed by atoms with Gasteiger partial charge in [0.1, 0.15) is 29.4 Å². The fourth-order valence-electron chi connectivity index (χ4n) is 6.25. The lowest BCUT2D eigenvalue weighted by Crippen LogP contribution is -2.43. The number of halogens is 3. The number of nitriles is 1. The van der Waals surface area contributed by atoms with Gasteiger partial charge in [-0.15, -0.1) is 11.3 Å². The molecule has 4 aromatic rings. The molecule has 2 N–H and O–H groups in total. The lowest BCUT2D eigenvalue weighted by Gasteiger charge is -2.30. The van der Waals surface area contributed by atoms with Gasteiger partial charge in [0.2, 0.25) is 0 Å². The predicted molar refractivity (Wildman–Crippen MR) is 134 cm³/mol. The van der Waals surface area contributed by atoms with Crippen molar-refractivity contribution in [3.63, 3.8) is 0 Å². The van der Waals surface area contributed by atoms with Crippen LogP contribution in [0.25, 0.3) is 32.2 Å². The smallest absolute Gasteiger partial charge is 0.317 e. The highest BCUT2D eigenvalue weighted by atomic mass is 32.1. The van der Waals surface area contributed by atoms with Gasteiger partial charge in [0.15, 0.2) is 11.6 Å². The Balaban J connectivity index is 1.37. The number of alkyl halides is 1. The number of anilines is 1. The van der Waals surface area contributed by atoms with Gasteiger partial charge < -0.3 is 15.2 Å². The molecule has 3 aromatic heterocycles. The highest BCUT2D eigenvalue weighted by molar-refractivity contribution is 7.23. The fourth-order valence-corrected chi connectivity index (χ4v) is 7.17. The predicted octanol–water partition coefficient (Wildman–Crippen LogP) is 4.62. The maximum absolute atomic E-state index is 16.4. The van der Waals surface area contributed by atoms with Crippen LogP contribution in [0.2, 0.25) is 0 Å². The second kappa shape index (κ2) is 8.49. The van der Waals surface area contributed by atoms with Gasteiger partial charge in [0.05, 0.1) is 40.9 Å². The SMILES string of the molecule is N#Cc1c(N)sc2c(F)cnc(-c3c4c(c5cnc(OC[C@@]67CCCN6C[C@H](F)C7)nc5c3F)COC4)c12. The van der Waals surface area contributed by atoms with E-state index in [1.165, 1.54) is 6.20 Å². The number of hydrogen-bond donors (Lipinski definition) is 1. The Hall–Kier alpha value is -3.53. The molecule has 38 heavy (non-hydrogen) atoms. The number of rotatable bonds is 4. The first-order valence-electron chi connectivity index (χ1n) is 12.3. The van der Waals surface area contributed by atoms with E-state index in [0.717, 1.165) is 36.9 Å².